The van der Waals surface area contributed by atoms with E-state index in [9.17, 15) is 29.6 Å². The van der Waals surface area contributed by atoms with Gasteiger partial charge in [-0.3, -0.25) is 27.1 Å². The summed E-state index contributed by atoms with van der Waals surface area (Å²) < 4.78 is 64.2. The molecule has 3 aliphatic rings. The molecule has 0 radical (unpaired) electrons. The molecule has 0 spiro atoms. The predicted molar refractivity (Wildman–Crippen MR) is 147 cm³/mol. The fourth-order valence-corrected chi connectivity index (χ4v) is 7.95. The van der Waals surface area contributed by atoms with E-state index in [2.05, 4.69) is 0 Å². The molecule has 2 aromatic rings. The second-order valence-electron chi connectivity index (χ2n) is 9.85. The quantitative estimate of drug-likeness (QED) is 0.296. The lowest BCUT2D eigenvalue weighted by atomic mass is 9.96. The van der Waals surface area contributed by atoms with Crippen LogP contribution in [0.2, 0.25) is 10.0 Å². The summed E-state index contributed by atoms with van der Waals surface area (Å²) in [5, 5.41) is 43.1. The van der Waals surface area contributed by atoms with Gasteiger partial charge in [-0.2, -0.15) is 0 Å². The summed E-state index contributed by atoms with van der Waals surface area (Å²) in [4.78, 5) is 0. The standard InChI is InChI=1S/C25H30Cl2O13P2/c26-16-5-1-3-14(11-16)19-7-9-34-41(32,38-19)36-13-18(28)24-22(30)21(29)23(31)25(37-24)40-42(33)35-10-8-20(39-42)15-4-2-6-17(27)12-15/h1-6,11-12,18-25,28-31H,7-10,13H2/t18?,19-,20+,21-,22-,23-,24+,25+,41+,42+/m0/s1. The molecule has 0 bridgehead atoms. The van der Waals surface area contributed by atoms with Crippen LogP contribution in [0.15, 0.2) is 48.5 Å². The van der Waals surface area contributed by atoms with Crippen LogP contribution in [-0.2, 0) is 41.0 Å². The minimum absolute atomic E-state index is 0.0272. The lowest BCUT2D eigenvalue weighted by Crippen LogP contribution is -2.61. The first-order valence-electron chi connectivity index (χ1n) is 13.0. The lowest BCUT2D eigenvalue weighted by molar-refractivity contribution is -0.294. The van der Waals surface area contributed by atoms with Gasteiger partial charge in [-0.1, -0.05) is 47.5 Å². The number of halogens is 2. The van der Waals surface area contributed by atoms with Crippen LogP contribution in [0.1, 0.15) is 36.2 Å². The van der Waals surface area contributed by atoms with Gasteiger partial charge in [0.25, 0.3) is 0 Å². The maximum Gasteiger partial charge on any atom is 0.477 e. The Morgan fingerprint density at radius 1 is 0.833 bits per heavy atom. The Bertz CT molecular complexity index is 1330. The van der Waals surface area contributed by atoms with E-state index in [1.54, 1.807) is 48.5 Å². The van der Waals surface area contributed by atoms with E-state index in [1.807, 2.05) is 0 Å². The Morgan fingerprint density at radius 3 is 1.95 bits per heavy atom. The van der Waals surface area contributed by atoms with Crippen molar-refractivity contribution in [3.8, 4) is 0 Å². The van der Waals surface area contributed by atoms with Crippen molar-refractivity contribution in [3.63, 3.8) is 0 Å². The Hall–Kier alpha value is -0.960. The van der Waals surface area contributed by atoms with E-state index in [4.69, 9.17) is 55.1 Å². The van der Waals surface area contributed by atoms with Gasteiger partial charge in [0.2, 0.25) is 0 Å². The molecule has 0 saturated carbocycles. The molecule has 17 heteroatoms. The highest BCUT2D eigenvalue weighted by molar-refractivity contribution is 7.48. The van der Waals surface area contributed by atoms with Crippen molar-refractivity contribution in [2.75, 3.05) is 19.8 Å². The molecule has 1 unspecified atom stereocenters. The average molecular weight is 671 g/mol. The number of hydrogen-bond acceptors (Lipinski definition) is 13. The molecule has 0 amide bonds. The summed E-state index contributed by atoms with van der Waals surface area (Å²) in [5.74, 6) is 0. The largest absolute Gasteiger partial charge is 0.477 e. The minimum atomic E-state index is -4.37. The average Bonchev–Trinajstić information content (AvgIpc) is 2.96. The smallest absolute Gasteiger partial charge is 0.388 e. The van der Waals surface area contributed by atoms with Crippen molar-refractivity contribution < 1.29 is 61.4 Å². The summed E-state index contributed by atoms with van der Waals surface area (Å²) in [6.45, 7) is -0.745. The van der Waals surface area contributed by atoms with Crippen LogP contribution in [-0.4, -0.2) is 77.1 Å². The number of aliphatic hydroxyl groups excluding tert-OH is 4. The maximum atomic E-state index is 13.3. The van der Waals surface area contributed by atoms with Gasteiger partial charge in [0.05, 0.1) is 32.0 Å². The van der Waals surface area contributed by atoms with E-state index in [0.717, 1.165) is 0 Å². The van der Waals surface area contributed by atoms with Crippen LogP contribution in [0, 0.1) is 0 Å². The van der Waals surface area contributed by atoms with Crippen molar-refractivity contribution >= 4 is 38.8 Å². The molecular weight excluding hydrogens is 641 g/mol. The molecule has 0 aliphatic carbocycles. The van der Waals surface area contributed by atoms with Crippen molar-refractivity contribution in [2.24, 2.45) is 0 Å². The first-order chi connectivity index (χ1) is 20.0. The SMILES string of the molecule is O=[P@]1(OCC(O)[C@H]2O[C@H](O[P@]3(=O)OCC[C@H](c4cccc(Cl)c4)O3)[C@@H](O)[C@@H](O)[C@@H]2O)OCC[C@@H](c2cccc(Cl)c2)O1. The third-order valence-corrected chi connectivity index (χ3v) is 10.3. The molecule has 4 N–H and O–H groups in total. The van der Waals surface area contributed by atoms with Crippen molar-refractivity contribution in [1.82, 2.24) is 0 Å². The zero-order valence-corrected chi connectivity index (χ0v) is 25.2. The summed E-state index contributed by atoms with van der Waals surface area (Å²) >= 11 is 12.1. The maximum absolute atomic E-state index is 13.3. The molecular formula is C25H30Cl2O13P2. The fraction of sp³-hybridized carbons (Fsp3) is 0.520. The molecule has 3 aliphatic heterocycles. The molecule has 13 nitrogen and oxygen atoms in total. The third-order valence-electron chi connectivity index (χ3n) is 6.83. The Labute approximate surface area is 251 Å². The molecule has 3 heterocycles. The monoisotopic (exact) mass is 670 g/mol. The zero-order chi connectivity index (χ0) is 30.1. The Balaban J connectivity index is 1.22. The third kappa shape index (κ3) is 7.63. The van der Waals surface area contributed by atoms with E-state index in [-0.39, 0.29) is 13.2 Å². The number of aliphatic hydroxyl groups is 4. The first kappa shape index (κ1) is 32.4. The second-order valence-corrected chi connectivity index (χ2v) is 13.9. The topological polar surface area (TPSA) is 180 Å². The normalized spacial score (nSPS) is 38.2. The molecule has 3 fully saturated rings. The first-order valence-corrected chi connectivity index (χ1v) is 16.7. The Kier molecular flexibility index (Phi) is 10.5. The number of benzene rings is 2. The number of rotatable bonds is 8. The molecule has 3 saturated heterocycles. The zero-order valence-electron chi connectivity index (χ0n) is 21.9. The van der Waals surface area contributed by atoms with Gasteiger partial charge in [-0.25, -0.2) is 9.13 Å². The molecule has 10 atom stereocenters. The minimum Gasteiger partial charge on any atom is -0.388 e. The highest BCUT2D eigenvalue weighted by Crippen LogP contribution is 2.59. The van der Waals surface area contributed by atoms with E-state index in [1.165, 1.54) is 0 Å². The van der Waals surface area contributed by atoms with Crippen LogP contribution >= 0.6 is 38.8 Å². The summed E-state index contributed by atoms with van der Waals surface area (Å²) in [6, 6.07) is 13.5. The van der Waals surface area contributed by atoms with Gasteiger partial charge < -0.3 is 25.2 Å². The van der Waals surface area contributed by atoms with Crippen LogP contribution < -0.4 is 0 Å². The van der Waals surface area contributed by atoms with Gasteiger partial charge in [-0.05, 0) is 35.4 Å². The van der Waals surface area contributed by atoms with Gasteiger partial charge in [-0.15, -0.1) is 0 Å². The molecule has 232 valence electrons. The Morgan fingerprint density at radius 2 is 1.38 bits per heavy atom. The van der Waals surface area contributed by atoms with Crippen molar-refractivity contribution in [1.29, 1.82) is 0 Å². The highest BCUT2D eigenvalue weighted by atomic mass is 35.5. The molecule has 5 rings (SSSR count). The van der Waals surface area contributed by atoms with Crippen molar-refractivity contribution in [3.05, 3.63) is 69.7 Å². The highest BCUT2D eigenvalue weighted by Gasteiger charge is 2.51. The fourth-order valence-electron chi connectivity index (χ4n) is 4.68. The summed E-state index contributed by atoms with van der Waals surface area (Å²) in [6.07, 6.45) is -11.6. The van der Waals surface area contributed by atoms with E-state index >= 15 is 0 Å². The van der Waals surface area contributed by atoms with Crippen LogP contribution in [0.5, 0.6) is 0 Å². The predicted octanol–water partition coefficient (Wildman–Crippen LogP) is 4.07. The number of ether oxygens (including phenoxy) is 1. The van der Waals surface area contributed by atoms with Gasteiger partial charge in [0.15, 0.2) is 6.29 Å². The summed E-state index contributed by atoms with van der Waals surface area (Å²) in [7, 11) is -8.55. The van der Waals surface area contributed by atoms with Crippen LogP contribution in [0.3, 0.4) is 0 Å². The molecule has 2 aromatic carbocycles. The molecule has 42 heavy (non-hydrogen) atoms. The van der Waals surface area contributed by atoms with Gasteiger partial charge in [0.1, 0.15) is 30.5 Å². The second kappa shape index (κ2) is 13.6. The van der Waals surface area contributed by atoms with Gasteiger partial charge >= 0.3 is 15.6 Å². The van der Waals surface area contributed by atoms with Gasteiger partial charge in [0, 0.05) is 22.9 Å². The summed E-state index contributed by atoms with van der Waals surface area (Å²) in [5.41, 5.74) is 1.26. The van der Waals surface area contributed by atoms with E-state index in [0.29, 0.717) is 34.0 Å². The number of phosphoric acid groups is 2. The van der Waals surface area contributed by atoms with Crippen LogP contribution in [0.25, 0.3) is 0 Å². The number of hydrogen-bond donors (Lipinski definition) is 4. The van der Waals surface area contributed by atoms with Crippen molar-refractivity contribution in [2.45, 2.75) is 61.9 Å². The number of phosphoric ester groups is 2. The molecule has 0 aromatic heterocycles. The van der Waals surface area contributed by atoms with E-state index < -0.39 is 71.3 Å². The van der Waals surface area contributed by atoms with Crippen LogP contribution in [0.4, 0.5) is 0 Å². The lowest BCUT2D eigenvalue weighted by Gasteiger charge is -2.43.